The molecule has 1 aromatic carbocycles. The second kappa shape index (κ2) is 6.40. The van der Waals surface area contributed by atoms with Crippen molar-refractivity contribution in [3.8, 4) is 0 Å². The lowest BCUT2D eigenvalue weighted by Crippen LogP contribution is -2.33. The number of sulfone groups is 1. The molecule has 1 saturated carbocycles. The minimum Gasteiger partial charge on any atom is -0.299 e. The summed E-state index contributed by atoms with van der Waals surface area (Å²) in [5.74, 6) is 0. The first-order valence-corrected chi connectivity index (χ1v) is 10.1. The minimum atomic E-state index is -3.18. The predicted molar refractivity (Wildman–Crippen MR) is 94.3 cm³/mol. The molecule has 1 aliphatic carbocycles. The molecule has 0 spiro atoms. The summed E-state index contributed by atoms with van der Waals surface area (Å²) in [6.07, 6.45) is 4.56. The largest absolute Gasteiger partial charge is 0.299 e. The van der Waals surface area contributed by atoms with Crippen LogP contribution in [0.2, 0.25) is 0 Å². The van der Waals surface area contributed by atoms with Crippen LogP contribution in [-0.4, -0.2) is 37.7 Å². The van der Waals surface area contributed by atoms with E-state index in [-0.39, 0.29) is 0 Å². The summed E-state index contributed by atoms with van der Waals surface area (Å²) < 4.78 is 25.3. The maximum absolute atomic E-state index is 12.9. The van der Waals surface area contributed by atoms with Gasteiger partial charge in [0, 0.05) is 13.1 Å². The fourth-order valence-corrected chi connectivity index (χ4v) is 5.61. The molecule has 0 bridgehead atoms. The van der Waals surface area contributed by atoms with Gasteiger partial charge in [0.2, 0.25) is 0 Å². The van der Waals surface area contributed by atoms with E-state index >= 15 is 0 Å². The van der Waals surface area contributed by atoms with Crippen LogP contribution in [0.5, 0.6) is 0 Å². The number of hydrogen-bond donors (Lipinski definition) is 0. The van der Waals surface area contributed by atoms with Crippen LogP contribution < -0.4 is 0 Å². The molecule has 1 heterocycles. The molecule has 0 atom stereocenters. The molecule has 1 fully saturated rings. The lowest BCUT2D eigenvalue weighted by atomic mass is 10.0. The minimum absolute atomic E-state index is 0.481. The van der Waals surface area contributed by atoms with Gasteiger partial charge in [-0.05, 0) is 64.6 Å². The van der Waals surface area contributed by atoms with E-state index < -0.39 is 14.6 Å². The molecule has 3 rings (SSSR count). The third-order valence-corrected chi connectivity index (χ3v) is 8.18. The molecule has 3 nitrogen and oxygen atoms in total. The summed E-state index contributed by atoms with van der Waals surface area (Å²) in [5.41, 5.74) is 3.00. The first kappa shape index (κ1) is 16.7. The Balaban J connectivity index is 1.58. The number of hydrogen-bond acceptors (Lipinski definition) is 3. The van der Waals surface area contributed by atoms with Crippen molar-refractivity contribution in [2.24, 2.45) is 0 Å². The molecule has 0 saturated heterocycles. The van der Waals surface area contributed by atoms with Crippen LogP contribution >= 0.6 is 0 Å². The molecule has 4 heteroatoms. The summed E-state index contributed by atoms with van der Waals surface area (Å²) in [5, 5.41) is 0. The quantitative estimate of drug-likeness (QED) is 0.743. The summed E-state index contributed by atoms with van der Waals surface area (Å²) in [6.45, 7) is 7.60. The molecule has 1 aliphatic heterocycles. The normalized spacial score (nSPS) is 21.5. The Hall–Kier alpha value is -1.13. The zero-order valence-electron chi connectivity index (χ0n) is 14.2. The molecule has 126 valence electrons. The average molecular weight is 333 g/mol. The van der Waals surface area contributed by atoms with Crippen LogP contribution in [0, 0.1) is 0 Å². The van der Waals surface area contributed by atoms with Crippen molar-refractivity contribution in [1.82, 2.24) is 4.90 Å². The Morgan fingerprint density at radius 3 is 2.39 bits per heavy atom. The van der Waals surface area contributed by atoms with Gasteiger partial charge in [0.1, 0.15) is 0 Å². The monoisotopic (exact) mass is 333 g/mol. The third kappa shape index (κ3) is 3.38. The van der Waals surface area contributed by atoms with E-state index in [0.717, 1.165) is 51.7 Å². The Kier molecular flexibility index (Phi) is 4.65. The van der Waals surface area contributed by atoms with Gasteiger partial charge in [-0.2, -0.15) is 0 Å². The van der Waals surface area contributed by atoms with E-state index in [4.69, 9.17) is 0 Å². The molecule has 0 amide bonds. The van der Waals surface area contributed by atoms with Crippen molar-refractivity contribution in [3.05, 3.63) is 41.5 Å². The second-order valence-electron chi connectivity index (χ2n) is 7.19. The highest BCUT2D eigenvalue weighted by Gasteiger charge is 2.54. The van der Waals surface area contributed by atoms with E-state index in [1.54, 1.807) is 12.1 Å². The van der Waals surface area contributed by atoms with Gasteiger partial charge in [-0.25, -0.2) is 8.42 Å². The van der Waals surface area contributed by atoms with Gasteiger partial charge in [-0.3, -0.25) is 4.90 Å². The van der Waals surface area contributed by atoms with Gasteiger partial charge < -0.3 is 0 Å². The van der Waals surface area contributed by atoms with E-state index in [2.05, 4.69) is 18.7 Å². The lowest BCUT2D eigenvalue weighted by molar-refractivity contribution is 0.278. The van der Waals surface area contributed by atoms with Crippen LogP contribution in [0.15, 0.2) is 46.4 Å². The average Bonchev–Trinajstić information content (AvgIpc) is 3.33. The van der Waals surface area contributed by atoms with Crippen LogP contribution in [0.1, 0.15) is 46.0 Å². The Morgan fingerprint density at radius 1 is 1.09 bits per heavy atom. The van der Waals surface area contributed by atoms with Crippen LogP contribution in [0.4, 0.5) is 0 Å². The van der Waals surface area contributed by atoms with Gasteiger partial charge in [0.05, 0.1) is 9.64 Å². The summed E-state index contributed by atoms with van der Waals surface area (Å²) >= 11 is 0. The van der Waals surface area contributed by atoms with Crippen molar-refractivity contribution in [2.75, 3.05) is 19.6 Å². The molecule has 0 aromatic heterocycles. The van der Waals surface area contributed by atoms with E-state index in [0.29, 0.717) is 4.90 Å². The third-order valence-electron chi connectivity index (χ3n) is 5.53. The van der Waals surface area contributed by atoms with Gasteiger partial charge in [-0.15, -0.1) is 0 Å². The number of rotatable bonds is 6. The van der Waals surface area contributed by atoms with Gasteiger partial charge in [0.15, 0.2) is 9.84 Å². The highest BCUT2D eigenvalue weighted by Crippen LogP contribution is 2.50. The number of benzene rings is 1. The zero-order chi connectivity index (χ0) is 16.5. The SMILES string of the molecule is CC1=C(C)CN(CCCC2(S(=O)(=O)c3ccccc3)CC2)CC1. The van der Waals surface area contributed by atoms with Crippen LogP contribution in [-0.2, 0) is 9.84 Å². The summed E-state index contributed by atoms with van der Waals surface area (Å²) in [4.78, 5) is 2.96. The van der Waals surface area contributed by atoms with E-state index in [9.17, 15) is 8.42 Å². The second-order valence-corrected chi connectivity index (χ2v) is 9.53. The van der Waals surface area contributed by atoms with Gasteiger partial charge in [0.25, 0.3) is 0 Å². The van der Waals surface area contributed by atoms with Gasteiger partial charge >= 0.3 is 0 Å². The van der Waals surface area contributed by atoms with E-state index in [1.165, 1.54) is 11.1 Å². The summed E-state index contributed by atoms with van der Waals surface area (Å²) in [7, 11) is -3.18. The van der Waals surface area contributed by atoms with Crippen LogP contribution in [0.3, 0.4) is 0 Å². The maximum Gasteiger partial charge on any atom is 0.184 e. The highest BCUT2D eigenvalue weighted by molar-refractivity contribution is 7.93. The fraction of sp³-hybridized carbons (Fsp3) is 0.579. The molecule has 0 N–H and O–H groups in total. The predicted octanol–water partition coefficient (Wildman–Crippen LogP) is 3.82. The first-order chi connectivity index (χ1) is 10.9. The molecule has 0 unspecified atom stereocenters. The van der Waals surface area contributed by atoms with Crippen molar-refractivity contribution in [3.63, 3.8) is 0 Å². The molecule has 23 heavy (non-hydrogen) atoms. The highest BCUT2D eigenvalue weighted by atomic mass is 32.2. The van der Waals surface area contributed by atoms with Crippen molar-refractivity contribution >= 4 is 9.84 Å². The Bertz CT molecular complexity index is 687. The standard InChI is InChI=1S/C19H27NO2S/c1-16-9-14-20(15-17(16)2)13-6-10-19(11-12-19)23(21,22)18-7-4-3-5-8-18/h3-5,7-8H,6,9-15H2,1-2H3. The lowest BCUT2D eigenvalue weighted by Gasteiger charge is -2.29. The molecule has 0 radical (unpaired) electrons. The Labute approximate surface area is 140 Å². The smallest absolute Gasteiger partial charge is 0.184 e. The molecular weight excluding hydrogens is 306 g/mol. The first-order valence-electron chi connectivity index (χ1n) is 8.62. The fourth-order valence-electron chi connectivity index (χ4n) is 3.55. The maximum atomic E-state index is 12.9. The number of nitrogens with zero attached hydrogens (tertiary/aromatic N) is 1. The molecule has 2 aliphatic rings. The topological polar surface area (TPSA) is 37.4 Å². The zero-order valence-corrected chi connectivity index (χ0v) is 15.0. The van der Waals surface area contributed by atoms with Crippen molar-refractivity contribution in [1.29, 1.82) is 0 Å². The summed E-state index contributed by atoms with van der Waals surface area (Å²) in [6, 6.07) is 8.96. The Morgan fingerprint density at radius 2 is 1.78 bits per heavy atom. The van der Waals surface area contributed by atoms with Gasteiger partial charge in [-0.1, -0.05) is 29.3 Å². The van der Waals surface area contributed by atoms with Crippen LogP contribution in [0.25, 0.3) is 0 Å². The van der Waals surface area contributed by atoms with Crippen molar-refractivity contribution in [2.45, 2.75) is 55.6 Å². The van der Waals surface area contributed by atoms with E-state index in [1.807, 2.05) is 18.2 Å². The molecule has 1 aromatic rings. The van der Waals surface area contributed by atoms with Crippen molar-refractivity contribution < 1.29 is 8.42 Å². The molecular formula is C19H27NO2S.